The second-order valence-electron chi connectivity index (χ2n) is 3.87. The van der Waals surface area contributed by atoms with Crippen LogP contribution in [-0.4, -0.2) is 57.0 Å². The van der Waals surface area contributed by atoms with Crippen LogP contribution in [0.1, 0.15) is 13.8 Å². The predicted molar refractivity (Wildman–Crippen MR) is 44.1 cm³/mol. The van der Waals surface area contributed by atoms with E-state index < -0.39 is 30.0 Å². The van der Waals surface area contributed by atoms with Gasteiger partial charge in [0.15, 0.2) is 0 Å². The first-order valence-corrected chi connectivity index (χ1v) is 4.23. The van der Waals surface area contributed by atoms with E-state index in [-0.39, 0.29) is 6.61 Å². The summed E-state index contributed by atoms with van der Waals surface area (Å²) in [7, 11) is 0. The first-order chi connectivity index (χ1) is 5.90. The monoisotopic (exact) mass is 192 g/mol. The quantitative estimate of drug-likeness (QED) is 0.395. The summed E-state index contributed by atoms with van der Waals surface area (Å²) in [5.74, 6) is 0. The molecular formula is C8H16O5. The third-order valence-corrected chi connectivity index (χ3v) is 2.40. The molecule has 1 heterocycles. The fourth-order valence-corrected chi connectivity index (χ4v) is 1.49. The van der Waals surface area contributed by atoms with Gasteiger partial charge in [0.1, 0.15) is 24.4 Å². The lowest BCUT2D eigenvalue weighted by atomic mass is 9.87. The number of rotatable bonds is 1. The zero-order valence-corrected chi connectivity index (χ0v) is 7.71. The summed E-state index contributed by atoms with van der Waals surface area (Å²) in [6, 6.07) is 0. The van der Waals surface area contributed by atoms with Gasteiger partial charge in [-0.2, -0.15) is 0 Å². The molecular weight excluding hydrogens is 176 g/mol. The molecule has 0 aliphatic carbocycles. The van der Waals surface area contributed by atoms with E-state index in [9.17, 15) is 15.3 Å². The molecule has 0 saturated carbocycles. The summed E-state index contributed by atoms with van der Waals surface area (Å²) >= 11 is 0. The van der Waals surface area contributed by atoms with Gasteiger partial charge in [0.2, 0.25) is 0 Å². The Kier molecular flexibility index (Phi) is 2.94. The zero-order valence-electron chi connectivity index (χ0n) is 7.71. The van der Waals surface area contributed by atoms with Gasteiger partial charge < -0.3 is 25.2 Å². The van der Waals surface area contributed by atoms with E-state index in [4.69, 9.17) is 9.84 Å². The van der Waals surface area contributed by atoms with Crippen LogP contribution in [0, 0.1) is 0 Å². The van der Waals surface area contributed by atoms with E-state index >= 15 is 0 Å². The number of aliphatic hydroxyl groups is 4. The van der Waals surface area contributed by atoms with E-state index in [1.807, 2.05) is 0 Å². The lowest BCUT2D eigenvalue weighted by Gasteiger charge is -2.45. The fourth-order valence-electron chi connectivity index (χ4n) is 1.49. The molecule has 1 rings (SSSR count). The van der Waals surface area contributed by atoms with Gasteiger partial charge in [-0.1, -0.05) is 0 Å². The van der Waals surface area contributed by atoms with Crippen LogP contribution >= 0.6 is 0 Å². The molecule has 0 spiro atoms. The number of hydrogen-bond acceptors (Lipinski definition) is 5. The van der Waals surface area contributed by atoms with Crippen molar-refractivity contribution in [3.05, 3.63) is 0 Å². The number of ether oxygens (including phenoxy) is 1. The highest BCUT2D eigenvalue weighted by Gasteiger charge is 2.47. The van der Waals surface area contributed by atoms with Crippen molar-refractivity contribution >= 4 is 0 Å². The smallest absolute Gasteiger partial charge is 0.111 e. The van der Waals surface area contributed by atoms with Crippen LogP contribution in [0.3, 0.4) is 0 Å². The lowest BCUT2D eigenvalue weighted by molar-refractivity contribution is -0.262. The molecule has 0 unspecified atom stereocenters. The molecule has 0 radical (unpaired) electrons. The standard InChI is InChI=1S/C8H16O5/c1-8(2)7(12)6(11)5(10)4(3-9)13-8/h4-7,9-12H,3H2,1-2H3/t4-,5-,6+,7-/m1/s1. The van der Waals surface area contributed by atoms with Crippen molar-refractivity contribution in [2.75, 3.05) is 6.61 Å². The topological polar surface area (TPSA) is 90.2 Å². The van der Waals surface area contributed by atoms with Gasteiger partial charge in [-0.3, -0.25) is 0 Å². The Hall–Kier alpha value is -0.200. The minimum Gasteiger partial charge on any atom is -0.394 e. The molecule has 13 heavy (non-hydrogen) atoms. The summed E-state index contributed by atoms with van der Waals surface area (Å²) in [5.41, 5.74) is -0.952. The Morgan fingerprint density at radius 2 is 1.69 bits per heavy atom. The van der Waals surface area contributed by atoms with Crippen molar-refractivity contribution in [3.63, 3.8) is 0 Å². The molecule has 78 valence electrons. The molecule has 0 aromatic heterocycles. The molecule has 1 saturated heterocycles. The molecule has 1 fully saturated rings. The zero-order chi connectivity index (χ0) is 10.2. The Balaban J connectivity index is 2.79. The Bertz CT molecular complexity index is 179. The summed E-state index contributed by atoms with van der Waals surface area (Å²) in [6.07, 6.45) is -4.51. The lowest BCUT2D eigenvalue weighted by Crippen LogP contribution is -2.62. The highest BCUT2D eigenvalue weighted by atomic mass is 16.6. The second kappa shape index (κ2) is 3.51. The van der Waals surface area contributed by atoms with Gasteiger partial charge in [-0.25, -0.2) is 0 Å². The number of hydrogen-bond donors (Lipinski definition) is 4. The van der Waals surface area contributed by atoms with Gasteiger partial charge in [0.05, 0.1) is 12.2 Å². The maximum Gasteiger partial charge on any atom is 0.111 e. The minimum atomic E-state index is -1.28. The predicted octanol–water partition coefficient (Wildman–Crippen LogP) is -1.76. The van der Waals surface area contributed by atoms with Gasteiger partial charge in [0.25, 0.3) is 0 Å². The van der Waals surface area contributed by atoms with Crippen LogP contribution in [0.5, 0.6) is 0 Å². The summed E-state index contributed by atoms with van der Waals surface area (Å²) in [6.45, 7) is 2.80. The molecule has 4 atom stereocenters. The van der Waals surface area contributed by atoms with Crippen molar-refractivity contribution < 1.29 is 25.2 Å². The van der Waals surface area contributed by atoms with E-state index in [0.29, 0.717) is 0 Å². The summed E-state index contributed by atoms with van der Waals surface area (Å²) in [5, 5.41) is 37.0. The van der Waals surface area contributed by atoms with Crippen LogP contribution in [-0.2, 0) is 4.74 Å². The van der Waals surface area contributed by atoms with Gasteiger partial charge in [-0.05, 0) is 13.8 Å². The molecule has 4 N–H and O–H groups in total. The van der Waals surface area contributed by atoms with Crippen molar-refractivity contribution in [2.24, 2.45) is 0 Å². The van der Waals surface area contributed by atoms with Crippen LogP contribution < -0.4 is 0 Å². The van der Waals surface area contributed by atoms with Crippen molar-refractivity contribution in [1.82, 2.24) is 0 Å². The summed E-state index contributed by atoms with van der Waals surface area (Å²) < 4.78 is 5.21. The molecule has 0 aromatic carbocycles. The molecule has 0 aromatic rings. The molecule has 1 aliphatic rings. The van der Waals surface area contributed by atoms with Gasteiger partial charge in [-0.15, -0.1) is 0 Å². The van der Waals surface area contributed by atoms with Crippen LogP contribution in [0.4, 0.5) is 0 Å². The highest BCUT2D eigenvalue weighted by molar-refractivity contribution is 4.96. The largest absolute Gasteiger partial charge is 0.394 e. The van der Waals surface area contributed by atoms with E-state index in [1.54, 1.807) is 13.8 Å². The molecule has 5 nitrogen and oxygen atoms in total. The van der Waals surface area contributed by atoms with Crippen LogP contribution in [0.15, 0.2) is 0 Å². The normalized spacial score (nSPS) is 44.8. The van der Waals surface area contributed by atoms with Crippen LogP contribution in [0.25, 0.3) is 0 Å². The maximum atomic E-state index is 9.47. The van der Waals surface area contributed by atoms with Crippen molar-refractivity contribution in [1.29, 1.82) is 0 Å². The molecule has 0 amide bonds. The van der Waals surface area contributed by atoms with Gasteiger partial charge in [0, 0.05) is 0 Å². The Morgan fingerprint density at radius 1 is 1.15 bits per heavy atom. The second-order valence-corrected chi connectivity index (χ2v) is 3.87. The average Bonchev–Trinajstić information content (AvgIpc) is 2.08. The number of aliphatic hydroxyl groups excluding tert-OH is 4. The Labute approximate surface area is 76.6 Å². The minimum absolute atomic E-state index is 0.381. The van der Waals surface area contributed by atoms with Gasteiger partial charge >= 0.3 is 0 Å². The van der Waals surface area contributed by atoms with Crippen LogP contribution in [0.2, 0.25) is 0 Å². The third-order valence-electron chi connectivity index (χ3n) is 2.40. The third kappa shape index (κ3) is 1.84. The SMILES string of the molecule is CC1(C)O[C@H](CO)[C@@H](O)[C@H](O)[C@H]1O. The Morgan fingerprint density at radius 3 is 2.15 bits per heavy atom. The van der Waals surface area contributed by atoms with E-state index in [1.165, 1.54) is 0 Å². The highest BCUT2D eigenvalue weighted by Crippen LogP contribution is 2.28. The summed E-state index contributed by atoms with van der Waals surface area (Å²) in [4.78, 5) is 0. The van der Waals surface area contributed by atoms with E-state index in [0.717, 1.165) is 0 Å². The maximum absolute atomic E-state index is 9.47. The molecule has 1 aliphatic heterocycles. The first kappa shape index (κ1) is 10.9. The average molecular weight is 192 g/mol. The van der Waals surface area contributed by atoms with E-state index in [2.05, 4.69) is 0 Å². The first-order valence-electron chi connectivity index (χ1n) is 4.23. The van der Waals surface area contributed by atoms with Crippen molar-refractivity contribution in [3.8, 4) is 0 Å². The van der Waals surface area contributed by atoms with Crippen molar-refractivity contribution in [2.45, 2.75) is 43.9 Å². The fraction of sp³-hybridized carbons (Fsp3) is 1.00. The molecule has 5 heteroatoms. The molecule has 0 bridgehead atoms.